The lowest BCUT2D eigenvalue weighted by atomic mass is 10.0. The van der Waals surface area contributed by atoms with Crippen LogP contribution in [0.1, 0.15) is 39.0 Å². The fraction of sp³-hybridized carbons (Fsp3) is 0.647. The van der Waals surface area contributed by atoms with Crippen LogP contribution in [0.15, 0.2) is 18.2 Å². The van der Waals surface area contributed by atoms with Crippen molar-refractivity contribution in [2.24, 2.45) is 5.92 Å². The third kappa shape index (κ3) is 8.18. The Bertz CT molecular complexity index is 437. The van der Waals surface area contributed by atoms with E-state index >= 15 is 0 Å². The van der Waals surface area contributed by atoms with Crippen molar-refractivity contribution in [1.29, 1.82) is 0 Å². The fourth-order valence-corrected chi connectivity index (χ4v) is 3.17. The molecule has 1 heterocycles. The van der Waals surface area contributed by atoms with Crippen LogP contribution in [-0.2, 0) is 0 Å². The molecule has 1 aliphatic heterocycles. The molecule has 134 valence electrons. The summed E-state index contributed by atoms with van der Waals surface area (Å²) >= 11 is 12.0. The molecule has 2 nitrogen and oxygen atoms in total. The monoisotopic (exact) mass is 400 g/mol. The summed E-state index contributed by atoms with van der Waals surface area (Å²) in [5, 5.41) is 4.71. The topological polar surface area (TPSA) is 15.3 Å². The third-order valence-corrected chi connectivity index (χ3v) is 5.13. The summed E-state index contributed by atoms with van der Waals surface area (Å²) in [7, 11) is 0. The van der Waals surface area contributed by atoms with Crippen LogP contribution in [0.5, 0.6) is 0 Å². The molecule has 1 fully saturated rings. The van der Waals surface area contributed by atoms with Gasteiger partial charge in [-0.2, -0.15) is 0 Å². The second-order valence-electron chi connectivity index (χ2n) is 5.98. The summed E-state index contributed by atoms with van der Waals surface area (Å²) in [6.07, 6.45) is 6.64. The minimum Gasteiger partial charge on any atom is -0.385 e. The van der Waals surface area contributed by atoms with E-state index in [1.54, 1.807) is 0 Å². The molecule has 0 aliphatic carbocycles. The smallest absolute Gasteiger partial charge is 0.0612 e. The molecule has 0 radical (unpaired) electrons. The number of likely N-dealkylation sites (tertiary alicyclic amines) is 1. The molecule has 0 aromatic heterocycles. The number of nitrogens with one attached hydrogen (secondary N) is 1. The first-order valence-corrected chi connectivity index (χ1v) is 8.86. The van der Waals surface area contributed by atoms with Crippen molar-refractivity contribution in [3.05, 3.63) is 28.2 Å². The number of anilines is 1. The summed E-state index contributed by atoms with van der Waals surface area (Å²) in [4.78, 5) is 2.62. The number of hydrogen-bond donors (Lipinski definition) is 1. The van der Waals surface area contributed by atoms with Gasteiger partial charge in [0.15, 0.2) is 0 Å². The van der Waals surface area contributed by atoms with Gasteiger partial charge in [0.25, 0.3) is 0 Å². The zero-order valence-corrected chi connectivity index (χ0v) is 16.8. The Kier molecular flexibility index (Phi) is 12.6. The molecule has 6 heteroatoms. The summed E-state index contributed by atoms with van der Waals surface area (Å²) < 4.78 is 0. The Labute approximate surface area is 163 Å². The van der Waals surface area contributed by atoms with Crippen molar-refractivity contribution in [2.75, 3.05) is 31.5 Å². The van der Waals surface area contributed by atoms with E-state index in [-0.39, 0.29) is 24.8 Å². The normalized spacial score (nSPS) is 16.1. The van der Waals surface area contributed by atoms with Crippen molar-refractivity contribution < 1.29 is 0 Å². The maximum absolute atomic E-state index is 6.05. The van der Waals surface area contributed by atoms with E-state index in [2.05, 4.69) is 17.1 Å². The highest BCUT2D eigenvalue weighted by Gasteiger charge is 2.13. The van der Waals surface area contributed by atoms with Crippen LogP contribution in [0.3, 0.4) is 0 Å². The van der Waals surface area contributed by atoms with Crippen LogP contribution < -0.4 is 5.32 Å². The van der Waals surface area contributed by atoms with E-state index < -0.39 is 0 Å². The van der Waals surface area contributed by atoms with E-state index in [9.17, 15) is 0 Å². The number of piperidine rings is 1. The summed E-state index contributed by atoms with van der Waals surface area (Å²) in [5.41, 5.74) is 1.06. The van der Waals surface area contributed by atoms with Crippen molar-refractivity contribution in [3.8, 4) is 0 Å². The van der Waals surface area contributed by atoms with Gasteiger partial charge in [-0.05, 0) is 63.0 Å². The number of nitrogens with zero attached hydrogens (tertiary/aromatic N) is 1. The lowest BCUT2D eigenvalue weighted by Crippen LogP contribution is -2.32. The first-order chi connectivity index (χ1) is 10.2. The first kappa shape index (κ1) is 23.1. The van der Waals surface area contributed by atoms with E-state index in [1.807, 2.05) is 18.2 Å². The Morgan fingerprint density at radius 1 is 1.09 bits per heavy atom. The molecule has 0 saturated carbocycles. The molecule has 1 aromatic carbocycles. The maximum atomic E-state index is 6.05. The zero-order chi connectivity index (χ0) is 15.1. The summed E-state index contributed by atoms with van der Waals surface area (Å²) in [6.45, 7) is 7.09. The Morgan fingerprint density at radius 2 is 1.78 bits per heavy atom. The highest BCUT2D eigenvalue weighted by atomic mass is 35.5. The SMILES string of the molecule is CCC(CCN1CCCCC1)CNc1ccc(Cl)c(Cl)c1.Cl.Cl. The Balaban J connectivity index is 0.00000242. The molecule has 1 unspecified atom stereocenters. The number of halogens is 4. The zero-order valence-electron chi connectivity index (χ0n) is 13.7. The van der Waals surface area contributed by atoms with Gasteiger partial charge < -0.3 is 10.2 Å². The highest BCUT2D eigenvalue weighted by molar-refractivity contribution is 6.42. The van der Waals surface area contributed by atoms with Gasteiger partial charge in [-0.15, -0.1) is 24.8 Å². The lowest BCUT2D eigenvalue weighted by Gasteiger charge is -2.28. The molecule has 0 spiro atoms. The molecule has 23 heavy (non-hydrogen) atoms. The molecule has 0 bridgehead atoms. The molecule has 0 amide bonds. The van der Waals surface area contributed by atoms with Crippen LogP contribution in [0.25, 0.3) is 0 Å². The molecule has 2 rings (SSSR count). The average molecular weight is 402 g/mol. The van der Waals surface area contributed by atoms with E-state index in [1.165, 1.54) is 51.7 Å². The van der Waals surface area contributed by atoms with Crippen molar-refractivity contribution >= 4 is 53.7 Å². The number of rotatable bonds is 7. The van der Waals surface area contributed by atoms with Gasteiger partial charge in [-0.1, -0.05) is 43.0 Å². The average Bonchev–Trinajstić information content (AvgIpc) is 2.52. The molecule has 1 saturated heterocycles. The van der Waals surface area contributed by atoms with Crippen molar-refractivity contribution in [2.45, 2.75) is 39.0 Å². The second kappa shape index (κ2) is 12.5. The Hall–Kier alpha value is 0.140. The molecular formula is C17H28Cl4N2. The molecule has 1 N–H and O–H groups in total. The molecule has 1 aliphatic rings. The van der Waals surface area contributed by atoms with Crippen LogP contribution >= 0.6 is 48.0 Å². The van der Waals surface area contributed by atoms with Crippen LogP contribution in [0.4, 0.5) is 5.69 Å². The van der Waals surface area contributed by atoms with Gasteiger partial charge in [0.1, 0.15) is 0 Å². The Morgan fingerprint density at radius 3 is 2.39 bits per heavy atom. The quantitative estimate of drug-likeness (QED) is 0.589. The first-order valence-electron chi connectivity index (χ1n) is 8.10. The van der Waals surface area contributed by atoms with Gasteiger partial charge in [0.2, 0.25) is 0 Å². The van der Waals surface area contributed by atoms with Crippen LogP contribution in [-0.4, -0.2) is 31.1 Å². The third-order valence-electron chi connectivity index (χ3n) is 4.39. The standard InChI is InChI=1S/C17H26Cl2N2.2ClH/c1-2-14(8-11-21-9-4-3-5-10-21)13-20-15-6-7-16(18)17(19)12-15;;/h6-7,12,14,20H,2-5,8-11,13H2,1H3;2*1H. The van der Waals surface area contributed by atoms with Gasteiger partial charge in [0.05, 0.1) is 10.0 Å². The molecule has 1 atom stereocenters. The second-order valence-corrected chi connectivity index (χ2v) is 6.79. The predicted molar refractivity (Wildman–Crippen MR) is 108 cm³/mol. The lowest BCUT2D eigenvalue weighted by molar-refractivity contribution is 0.213. The van der Waals surface area contributed by atoms with Gasteiger partial charge in [-0.3, -0.25) is 0 Å². The molecule has 1 aromatic rings. The molecular weight excluding hydrogens is 374 g/mol. The fourth-order valence-electron chi connectivity index (χ4n) is 2.87. The minimum atomic E-state index is 0. The van der Waals surface area contributed by atoms with Gasteiger partial charge in [-0.25, -0.2) is 0 Å². The summed E-state index contributed by atoms with van der Waals surface area (Å²) in [5.74, 6) is 0.710. The van der Waals surface area contributed by atoms with E-state index in [0.29, 0.717) is 16.0 Å². The van der Waals surface area contributed by atoms with Crippen molar-refractivity contribution in [1.82, 2.24) is 4.90 Å². The van der Waals surface area contributed by atoms with E-state index in [0.717, 1.165) is 12.2 Å². The van der Waals surface area contributed by atoms with Gasteiger partial charge >= 0.3 is 0 Å². The van der Waals surface area contributed by atoms with Gasteiger partial charge in [0, 0.05) is 12.2 Å². The minimum absolute atomic E-state index is 0. The number of benzene rings is 1. The van der Waals surface area contributed by atoms with Crippen LogP contribution in [0.2, 0.25) is 10.0 Å². The highest BCUT2D eigenvalue weighted by Crippen LogP contribution is 2.25. The predicted octanol–water partition coefficient (Wildman–Crippen LogP) is 6.15. The number of hydrogen-bond acceptors (Lipinski definition) is 2. The maximum Gasteiger partial charge on any atom is 0.0612 e. The summed E-state index contributed by atoms with van der Waals surface area (Å²) in [6, 6.07) is 5.74. The van der Waals surface area contributed by atoms with Crippen molar-refractivity contribution in [3.63, 3.8) is 0 Å². The largest absolute Gasteiger partial charge is 0.385 e. The van der Waals surface area contributed by atoms with Crippen LogP contribution in [0, 0.1) is 5.92 Å². The van der Waals surface area contributed by atoms with E-state index in [4.69, 9.17) is 23.2 Å².